The number of hydrogen-bond donors (Lipinski definition) is 1. The van der Waals surface area contributed by atoms with Gasteiger partial charge in [-0.05, 0) is 30.5 Å². The molecule has 6 heteroatoms. The molecule has 0 aliphatic heterocycles. The fraction of sp³-hybridized carbons (Fsp3) is 0.294. The number of pyridine rings is 1. The molecule has 3 unspecified atom stereocenters. The number of hydrogen-bond acceptors (Lipinski definition) is 4. The van der Waals surface area contributed by atoms with Crippen molar-refractivity contribution in [2.24, 2.45) is 0 Å². The van der Waals surface area contributed by atoms with E-state index in [0.29, 0.717) is 30.6 Å². The van der Waals surface area contributed by atoms with Crippen LogP contribution in [-0.2, 0) is 9.53 Å². The molecule has 1 N–H and O–H groups in total. The van der Waals surface area contributed by atoms with E-state index in [1.54, 1.807) is 12.1 Å². The molecule has 1 aliphatic carbocycles. The first kappa shape index (κ1) is 15.6. The molecule has 1 aromatic carbocycles. The van der Waals surface area contributed by atoms with Crippen LogP contribution in [0.25, 0.3) is 0 Å². The molecule has 2 aromatic rings. The van der Waals surface area contributed by atoms with Gasteiger partial charge in [0.15, 0.2) is 11.6 Å². The standard InChI is InChI=1S/C17H15F2NO3/c18-13-5-1-3-10(15(13)19)11-6-7-14(23-9-21)16-12(17(11)22)4-2-8-20-16/h1-5,8-9,11,14,17,22H,6-7H2. The van der Waals surface area contributed by atoms with Crippen molar-refractivity contribution < 1.29 is 23.4 Å². The number of aromatic nitrogens is 1. The van der Waals surface area contributed by atoms with Crippen molar-refractivity contribution in [3.05, 3.63) is 65.0 Å². The lowest BCUT2D eigenvalue weighted by molar-refractivity contribution is -0.134. The molecule has 0 saturated carbocycles. The van der Waals surface area contributed by atoms with E-state index in [4.69, 9.17) is 4.74 Å². The van der Waals surface area contributed by atoms with Crippen molar-refractivity contribution in [2.45, 2.75) is 31.0 Å². The number of halogens is 2. The van der Waals surface area contributed by atoms with Crippen LogP contribution in [0.3, 0.4) is 0 Å². The van der Waals surface area contributed by atoms with Gasteiger partial charge in [-0.15, -0.1) is 0 Å². The molecular formula is C17H15F2NO3. The highest BCUT2D eigenvalue weighted by atomic mass is 19.2. The highest BCUT2D eigenvalue weighted by Crippen LogP contribution is 2.43. The lowest BCUT2D eigenvalue weighted by Gasteiger charge is -2.22. The molecule has 3 atom stereocenters. The topological polar surface area (TPSA) is 59.4 Å². The van der Waals surface area contributed by atoms with E-state index in [9.17, 15) is 18.7 Å². The second-order valence-corrected chi connectivity index (χ2v) is 5.47. The summed E-state index contributed by atoms with van der Waals surface area (Å²) >= 11 is 0. The van der Waals surface area contributed by atoms with E-state index in [1.807, 2.05) is 0 Å². The maximum Gasteiger partial charge on any atom is 0.293 e. The molecule has 4 nitrogen and oxygen atoms in total. The summed E-state index contributed by atoms with van der Waals surface area (Å²) in [4.78, 5) is 14.9. The molecular weight excluding hydrogens is 304 g/mol. The monoisotopic (exact) mass is 319 g/mol. The van der Waals surface area contributed by atoms with Crippen LogP contribution in [0.4, 0.5) is 8.78 Å². The molecule has 0 spiro atoms. The van der Waals surface area contributed by atoms with E-state index in [2.05, 4.69) is 4.98 Å². The molecule has 0 radical (unpaired) electrons. The predicted octanol–water partition coefficient (Wildman–Crippen LogP) is 3.18. The lowest BCUT2D eigenvalue weighted by Crippen LogP contribution is -2.13. The Balaban J connectivity index is 2.06. The van der Waals surface area contributed by atoms with Gasteiger partial charge in [-0.3, -0.25) is 9.78 Å². The molecule has 0 bridgehead atoms. The minimum Gasteiger partial charge on any atom is -0.458 e. The van der Waals surface area contributed by atoms with Crippen molar-refractivity contribution in [3.8, 4) is 0 Å². The van der Waals surface area contributed by atoms with E-state index >= 15 is 0 Å². The number of benzene rings is 1. The van der Waals surface area contributed by atoms with Crippen molar-refractivity contribution in [2.75, 3.05) is 0 Å². The van der Waals surface area contributed by atoms with Gasteiger partial charge in [-0.1, -0.05) is 18.2 Å². The molecule has 23 heavy (non-hydrogen) atoms. The Hall–Kier alpha value is -2.34. The second kappa shape index (κ2) is 6.42. The van der Waals surface area contributed by atoms with Gasteiger partial charge in [0.1, 0.15) is 6.10 Å². The average molecular weight is 319 g/mol. The summed E-state index contributed by atoms with van der Waals surface area (Å²) in [5.74, 6) is -2.56. The minimum absolute atomic E-state index is 0.110. The van der Waals surface area contributed by atoms with Crippen LogP contribution in [0.15, 0.2) is 36.5 Å². The number of nitrogens with zero attached hydrogens (tertiary/aromatic N) is 1. The van der Waals surface area contributed by atoms with Gasteiger partial charge < -0.3 is 9.84 Å². The Labute approximate surface area is 131 Å². The van der Waals surface area contributed by atoms with Crippen LogP contribution in [0.2, 0.25) is 0 Å². The van der Waals surface area contributed by atoms with Crippen LogP contribution in [0.5, 0.6) is 0 Å². The highest BCUT2D eigenvalue weighted by molar-refractivity contribution is 5.40. The first-order chi connectivity index (χ1) is 11.1. The summed E-state index contributed by atoms with van der Waals surface area (Å²) in [5, 5.41) is 10.7. The maximum atomic E-state index is 14.1. The minimum atomic E-state index is -1.06. The Morgan fingerprint density at radius 3 is 2.74 bits per heavy atom. The first-order valence-corrected chi connectivity index (χ1v) is 7.29. The molecule has 1 aliphatic rings. The summed E-state index contributed by atoms with van der Waals surface area (Å²) in [6.07, 6.45) is 0.558. The molecule has 0 fully saturated rings. The van der Waals surface area contributed by atoms with E-state index < -0.39 is 29.8 Å². The molecule has 0 saturated heterocycles. The zero-order chi connectivity index (χ0) is 16.4. The van der Waals surface area contributed by atoms with Gasteiger partial charge in [0.05, 0.1) is 11.8 Å². The molecule has 3 rings (SSSR count). The maximum absolute atomic E-state index is 14.1. The van der Waals surface area contributed by atoms with Gasteiger partial charge in [-0.2, -0.15) is 0 Å². The number of carbonyl (C=O) groups is 1. The van der Waals surface area contributed by atoms with Crippen molar-refractivity contribution in [3.63, 3.8) is 0 Å². The third-order valence-corrected chi connectivity index (χ3v) is 4.22. The largest absolute Gasteiger partial charge is 0.458 e. The predicted molar refractivity (Wildman–Crippen MR) is 77.4 cm³/mol. The number of rotatable bonds is 3. The number of ether oxygens (including phenoxy) is 1. The highest BCUT2D eigenvalue weighted by Gasteiger charge is 2.34. The van der Waals surface area contributed by atoms with Crippen LogP contribution in [-0.4, -0.2) is 16.6 Å². The van der Waals surface area contributed by atoms with E-state index in [0.717, 1.165) is 6.07 Å². The van der Waals surface area contributed by atoms with Crippen molar-refractivity contribution in [1.29, 1.82) is 0 Å². The summed E-state index contributed by atoms with van der Waals surface area (Å²) in [6, 6.07) is 7.21. The normalized spacial score (nSPS) is 23.7. The Morgan fingerprint density at radius 2 is 1.96 bits per heavy atom. The molecule has 1 aromatic heterocycles. The number of aliphatic hydroxyl groups is 1. The number of fused-ring (bicyclic) bond motifs is 1. The summed E-state index contributed by atoms with van der Waals surface area (Å²) in [7, 11) is 0. The fourth-order valence-electron chi connectivity index (χ4n) is 3.12. The number of carbonyl (C=O) groups excluding carboxylic acids is 1. The van der Waals surface area contributed by atoms with E-state index in [-0.39, 0.29) is 5.56 Å². The molecule has 1 heterocycles. The van der Waals surface area contributed by atoms with Crippen LogP contribution in [0, 0.1) is 11.6 Å². The van der Waals surface area contributed by atoms with Gasteiger partial charge in [0.2, 0.25) is 0 Å². The quantitative estimate of drug-likeness (QED) is 0.697. The summed E-state index contributed by atoms with van der Waals surface area (Å²) in [5.41, 5.74) is 1.02. The Kier molecular flexibility index (Phi) is 4.34. The lowest BCUT2D eigenvalue weighted by atomic mass is 9.87. The van der Waals surface area contributed by atoms with Crippen LogP contribution >= 0.6 is 0 Å². The number of aliphatic hydroxyl groups excluding tert-OH is 1. The van der Waals surface area contributed by atoms with Crippen LogP contribution in [0.1, 0.15) is 47.8 Å². The fourth-order valence-corrected chi connectivity index (χ4v) is 3.12. The van der Waals surface area contributed by atoms with Gasteiger partial charge in [-0.25, -0.2) is 8.78 Å². The SMILES string of the molecule is O=COC1CCC(c2cccc(F)c2F)C(O)c2cccnc21. The van der Waals surface area contributed by atoms with Crippen molar-refractivity contribution in [1.82, 2.24) is 4.98 Å². The molecule has 0 amide bonds. The first-order valence-electron chi connectivity index (χ1n) is 7.29. The third-order valence-electron chi connectivity index (χ3n) is 4.22. The summed E-state index contributed by atoms with van der Waals surface area (Å²) in [6.45, 7) is 0.332. The zero-order valence-corrected chi connectivity index (χ0v) is 12.2. The second-order valence-electron chi connectivity index (χ2n) is 5.47. The van der Waals surface area contributed by atoms with Crippen LogP contribution < -0.4 is 0 Å². The summed E-state index contributed by atoms with van der Waals surface area (Å²) < 4.78 is 32.7. The van der Waals surface area contributed by atoms with Gasteiger partial charge >= 0.3 is 0 Å². The third kappa shape index (κ3) is 2.82. The zero-order valence-electron chi connectivity index (χ0n) is 12.2. The average Bonchev–Trinajstić information content (AvgIpc) is 2.69. The molecule has 120 valence electrons. The smallest absolute Gasteiger partial charge is 0.293 e. The van der Waals surface area contributed by atoms with Crippen molar-refractivity contribution >= 4 is 6.47 Å². The van der Waals surface area contributed by atoms with Gasteiger partial charge in [0.25, 0.3) is 6.47 Å². The Morgan fingerprint density at radius 1 is 1.17 bits per heavy atom. The Bertz CT molecular complexity index is 723. The van der Waals surface area contributed by atoms with Gasteiger partial charge in [0, 0.05) is 17.7 Å². The van der Waals surface area contributed by atoms with E-state index in [1.165, 1.54) is 18.3 Å².